The van der Waals surface area contributed by atoms with Crippen molar-refractivity contribution in [3.8, 4) is 11.5 Å². The van der Waals surface area contributed by atoms with Crippen LogP contribution in [-0.2, 0) is 6.54 Å². The Balaban J connectivity index is 1.63. The van der Waals surface area contributed by atoms with E-state index in [1.165, 1.54) is 11.3 Å². The normalized spacial score (nSPS) is 11.2. The lowest BCUT2D eigenvalue weighted by atomic mass is 10.1. The molecule has 0 atom stereocenters. The number of nitrogens with one attached hydrogen (secondary N) is 1. The van der Waals surface area contributed by atoms with Crippen molar-refractivity contribution in [2.24, 2.45) is 0 Å². The van der Waals surface area contributed by atoms with Crippen LogP contribution in [0, 0.1) is 6.92 Å². The molecule has 0 aliphatic rings. The quantitative estimate of drug-likeness (QED) is 0.452. The van der Waals surface area contributed by atoms with E-state index in [9.17, 15) is 0 Å². The molecule has 2 aromatic heterocycles. The molecule has 0 saturated heterocycles. The zero-order valence-electron chi connectivity index (χ0n) is 13.2. The molecular formula is C18H13Cl2N3OS. The summed E-state index contributed by atoms with van der Waals surface area (Å²) in [5.74, 6) is 0.571. The summed E-state index contributed by atoms with van der Waals surface area (Å²) in [5, 5.41) is 4.06. The van der Waals surface area contributed by atoms with E-state index in [1.807, 2.05) is 24.3 Å². The number of oxazole rings is 1. The number of nitrogens with zero attached hydrogens (tertiary/aromatic N) is 2. The van der Waals surface area contributed by atoms with Gasteiger partial charge < -0.3 is 9.73 Å². The minimum Gasteiger partial charge on any atom is -0.436 e. The van der Waals surface area contributed by atoms with Gasteiger partial charge >= 0.3 is 0 Å². The van der Waals surface area contributed by atoms with Gasteiger partial charge in [0.25, 0.3) is 0 Å². The van der Waals surface area contributed by atoms with Gasteiger partial charge in [-0.2, -0.15) is 0 Å². The van der Waals surface area contributed by atoms with Gasteiger partial charge in [0, 0.05) is 27.3 Å². The molecule has 4 nitrogen and oxygen atoms in total. The molecule has 2 heterocycles. The van der Waals surface area contributed by atoms with Crippen LogP contribution in [0.1, 0.15) is 10.4 Å². The molecule has 4 aromatic rings. The highest BCUT2D eigenvalue weighted by molar-refractivity contribution is 7.15. The molecule has 4 rings (SSSR count). The zero-order valence-corrected chi connectivity index (χ0v) is 15.5. The molecule has 0 unspecified atom stereocenters. The van der Waals surface area contributed by atoms with E-state index >= 15 is 0 Å². The first-order valence-corrected chi connectivity index (χ1v) is 9.17. The second-order valence-electron chi connectivity index (χ2n) is 5.59. The molecule has 0 radical (unpaired) electrons. The fourth-order valence-electron chi connectivity index (χ4n) is 2.52. The van der Waals surface area contributed by atoms with Crippen molar-refractivity contribution in [3.05, 3.63) is 62.5 Å². The van der Waals surface area contributed by atoms with Crippen LogP contribution in [0.4, 0.5) is 5.69 Å². The third-order valence-electron chi connectivity index (χ3n) is 3.81. The van der Waals surface area contributed by atoms with Crippen LogP contribution >= 0.6 is 34.5 Å². The highest BCUT2D eigenvalue weighted by atomic mass is 35.5. The first kappa shape index (κ1) is 16.4. The van der Waals surface area contributed by atoms with Crippen molar-refractivity contribution in [2.45, 2.75) is 13.5 Å². The molecular weight excluding hydrogens is 377 g/mol. The lowest BCUT2D eigenvalue weighted by Crippen LogP contribution is -1.99. The van der Waals surface area contributed by atoms with Gasteiger partial charge in [0.05, 0.1) is 6.54 Å². The summed E-state index contributed by atoms with van der Waals surface area (Å²) < 4.78 is 6.40. The third kappa shape index (κ3) is 3.49. The fraction of sp³-hybridized carbons (Fsp3) is 0.111. The van der Waals surface area contributed by atoms with E-state index in [4.69, 9.17) is 27.6 Å². The van der Waals surface area contributed by atoms with E-state index in [0.717, 1.165) is 27.2 Å². The zero-order chi connectivity index (χ0) is 17.4. The predicted molar refractivity (Wildman–Crippen MR) is 104 cm³/mol. The second kappa shape index (κ2) is 6.67. The SMILES string of the molecule is Cc1ccc(-c2nc3cc(Cl)ccc3o2)cc1NCc1cnc(Cl)s1. The number of aromatic nitrogens is 2. The summed E-state index contributed by atoms with van der Waals surface area (Å²) in [7, 11) is 0. The van der Waals surface area contributed by atoms with Gasteiger partial charge in [-0.3, -0.25) is 0 Å². The van der Waals surface area contributed by atoms with E-state index < -0.39 is 0 Å². The minimum atomic E-state index is 0.549. The topological polar surface area (TPSA) is 51.0 Å². The maximum Gasteiger partial charge on any atom is 0.227 e. The first-order chi connectivity index (χ1) is 12.1. The molecule has 7 heteroatoms. The second-order valence-corrected chi connectivity index (χ2v) is 7.73. The maximum absolute atomic E-state index is 6.02. The van der Waals surface area contributed by atoms with Crippen LogP contribution in [0.3, 0.4) is 0 Å². The van der Waals surface area contributed by atoms with Crippen molar-refractivity contribution in [1.82, 2.24) is 9.97 Å². The summed E-state index contributed by atoms with van der Waals surface area (Å²) in [5.41, 5.74) is 4.52. The molecule has 0 fully saturated rings. The average molecular weight is 390 g/mol. The molecule has 2 aromatic carbocycles. The minimum absolute atomic E-state index is 0.549. The Morgan fingerprint density at radius 2 is 2.04 bits per heavy atom. The Hall–Kier alpha value is -2.08. The highest BCUT2D eigenvalue weighted by Gasteiger charge is 2.11. The molecule has 25 heavy (non-hydrogen) atoms. The largest absolute Gasteiger partial charge is 0.436 e. The molecule has 0 bridgehead atoms. The summed E-state index contributed by atoms with van der Waals surface area (Å²) in [4.78, 5) is 9.66. The Labute approximate surface area is 158 Å². The number of rotatable bonds is 4. The van der Waals surface area contributed by atoms with Gasteiger partial charge in [-0.05, 0) is 42.8 Å². The molecule has 0 amide bonds. The molecule has 0 aliphatic heterocycles. The van der Waals surface area contributed by atoms with Crippen molar-refractivity contribution in [3.63, 3.8) is 0 Å². The van der Waals surface area contributed by atoms with Crippen molar-refractivity contribution < 1.29 is 4.42 Å². The molecule has 1 N–H and O–H groups in total. The molecule has 0 aliphatic carbocycles. The Morgan fingerprint density at radius 1 is 1.16 bits per heavy atom. The van der Waals surface area contributed by atoms with Gasteiger partial charge in [0.1, 0.15) is 5.52 Å². The number of anilines is 1. The van der Waals surface area contributed by atoms with Crippen molar-refractivity contribution in [2.75, 3.05) is 5.32 Å². The molecule has 0 spiro atoms. The van der Waals surface area contributed by atoms with Gasteiger partial charge in [-0.25, -0.2) is 9.97 Å². The fourth-order valence-corrected chi connectivity index (χ4v) is 3.60. The van der Waals surface area contributed by atoms with Crippen LogP contribution < -0.4 is 5.32 Å². The van der Waals surface area contributed by atoms with Crippen molar-refractivity contribution in [1.29, 1.82) is 0 Å². The molecule has 126 valence electrons. The maximum atomic E-state index is 6.02. The lowest BCUT2D eigenvalue weighted by Gasteiger charge is -2.09. The number of halogens is 2. The predicted octanol–water partition coefficient (Wildman–Crippen LogP) is 6.18. The molecule has 0 saturated carbocycles. The number of fused-ring (bicyclic) bond motifs is 1. The van der Waals surface area contributed by atoms with Crippen LogP contribution in [0.5, 0.6) is 0 Å². The van der Waals surface area contributed by atoms with Gasteiger partial charge in [-0.15, -0.1) is 11.3 Å². The lowest BCUT2D eigenvalue weighted by molar-refractivity contribution is 0.620. The summed E-state index contributed by atoms with van der Waals surface area (Å²) in [6, 6.07) is 11.5. The highest BCUT2D eigenvalue weighted by Crippen LogP contribution is 2.29. The van der Waals surface area contributed by atoms with E-state index in [2.05, 4.69) is 22.2 Å². The smallest absolute Gasteiger partial charge is 0.227 e. The van der Waals surface area contributed by atoms with E-state index in [1.54, 1.807) is 18.3 Å². The number of aryl methyl sites for hydroxylation is 1. The Kier molecular flexibility index (Phi) is 4.37. The number of hydrogen-bond donors (Lipinski definition) is 1. The standard InChI is InChI=1S/C18H13Cl2N3OS/c1-10-2-3-11(6-14(10)21-8-13-9-22-18(20)25-13)17-23-15-7-12(19)4-5-16(15)24-17/h2-7,9,21H,8H2,1H3. The first-order valence-electron chi connectivity index (χ1n) is 7.60. The number of benzene rings is 2. The summed E-state index contributed by atoms with van der Waals surface area (Å²) in [6.07, 6.45) is 1.78. The van der Waals surface area contributed by atoms with Crippen LogP contribution in [0.25, 0.3) is 22.6 Å². The van der Waals surface area contributed by atoms with E-state index in [-0.39, 0.29) is 0 Å². The van der Waals surface area contributed by atoms with Crippen LogP contribution in [0.2, 0.25) is 9.49 Å². The Bertz CT molecular complexity index is 1060. The average Bonchev–Trinajstić information content (AvgIpc) is 3.19. The van der Waals surface area contributed by atoms with E-state index in [0.29, 0.717) is 27.5 Å². The van der Waals surface area contributed by atoms with Gasteiger partial charge in [0.15, 0.2) is 10.0 Å². The van der Waals surface area contributed by atoms with Crippen LogP contribution in [0.15, 0.2) is 47.0 Å². The number of hydrogen-bond acceptors (Lipinski definition) is 5. The number of thiazole rings is 1. The Morgan fingerprint density at radius 3 is 2.84 bits per heavy atom. The monoisotopic (exact) mass is 389 g/mol. The van der Waals surface area contributed by atoms with Gasteiger partial charge in [0.2, 0.25) is 5.89 Å². The summed E-state index contributed by atoms with van der Waals surface area (Å²) >= 11 is 13.4. The van der Waals surface area contributed by atoms with Crippen molar-refractivity contribution >= 4 is 51.3 Å². The van der Waals surface area contributed by atoms with Gasteiger partial charge in [-0.1, -0.05) is 29.3 Å². The third-order valence-corrected chi connectivity index (χ3v) is 5.16. The summed E-state index contributed by atoms with van der Waals surface area (Å²) in [6.45, 7) is 2.72. The van der Waals surface area contributed by atoms with Crippen LogP contribution in [-0.4, -0.2) is 9.97 Å².